The zero-order valence-corrected chi connectivity index (χ0v) is 23.1. The van der Waals surface area contributed by atoms with Gasteiger partial charge in [0.25, 0.3) is 0 Å². The largest absolute Gasteiger partial charge is 0.528 e. The molecule has 0 atom stereocenters. The summed E-state index contributed by atoms with van der Waals surface area (Å²) in [6, 6.07) is 4.35. The van der Waals surface area contributed by atoms with Crippen LogP contribution < -0.4 is 14.8 Å². The van der Waals surface area contributed by atoms with Gasteiger partial charge in [0.2, 0.25) is 17.7 Å². The molecule has 39 heavy (non-hydrogen) atoms. The first kappa shape index (κ1) is 30.0. The van der Waals surface area contributed by atoms with Crippen LogP contribution in [0.25, 0.3) is 0 Å². The number of rotatable bonds is 12. The number of ether oxygens (including phenoxy) is 4. The van der Waals surface area contributed by atoms with E-state index in [2.05, 4.69) is 15.3 Å². The van der Waals surface area contributed by atoms with Gasteiger partial charge in [-0.25, -0.2) is 19.2 Å². The van der Waals surface area contributed by atoms with Gasteiger partial charge in [0.05, 0.1) is 30.8 Å². The number of hydroxylamine groups is 2. The van der Waals surface area contributed by atoms with E-state index in [1.165, 1.54) is 18.5 Å². The van der Waals surface area contributed by atoms with Crippen molar-refractivity contribution in [2.24, 2.45) is 0 Å². The quantitative estimate of drug-likeness (QED) is 0.306. The van der Waals surface area contributed by atoms with E-state index in [-0.39, 0.29) is 42.3 Å². The minimum Gasteiger partial charge on any atom is -0.474 e. The van der Waals surface area contributed by atoms with Crippen molar-refractivity contribution >= 4 is 12.1 Å². The van der Waals surface area contributed by atoms with Crippen molar-refractivity contribution in [1.82, 2.24) is 20.3 Å². The van der Waals surface area contributed by atoms with Gasteiger partial charge in [-0.15, -0.1) is 5.06 Å². The molecule has 1 aliphatic rings. The SMILES string of the molecule is Cc1c(Oc2ccc(CC(=O)NCCOC(C)C)cc2F)ncnc1OC1CCN(OC(=O)OC(C)C)CC1. The number of nitrogens with zero attached hydrogens (tertiary/aromatic N) is 3. The number of carbonyl (C=O) groups excluding carboxylic acids is 2. The highest BCUT2D eigenvalue weighted by Crippen LogP contribution is 2.30. The Morgan fingerprint density at radius 1 is 1.10 bits per heavy atom. The van der Waals surface area contributed by atoms with Crippen LogP contribution in [0.3, 0.4) is 0 Å². The molecular weight excluding hydrogens is 511 g/mol. The van der Waals surface area contributed by atoms with Crippen LogP contribution in [0.4, 0.5) is 9.18 Å². The molecule has 3 rings (SSSR count). The molecule has 2 aromatic rings. The Bertz CT molecular complexity index is 1110. The van der Waals surface area contributed by atoms with Gasteiger partial charge in [0, 0.05) is 32.5 Å². The number of nitrogens with one attached hydrogen (secondary N) is 1. The Kier molecular flexibility index (Phi) is 11.2. The Labute approximate surface area is 227 Å². The van der Waals surface area contributed by atoms with E-state index in [0.717, 1.165) is 0 Å². The van der Waals surface area contributed by atoms with Gasteiger partial charge in [-0.3, -0.25) is 4.79 Å². The highest BCUT2D eigenvalue weighted by molar-refractivity contribution is 5.78. The second-order valence-corrected chi connectivity index (χ2v) is 9.68. The third kappa shape index (κ3) is 9.95. The third-order valence-corrected chi connectivity index (χ3v) is 5.65. The second kappa shape index (κ2) is 14.6. The summed E-state index contributed by atoms with van der Waals surface area (Å²) in [4.78, 5) is 37.3. The molecule has 214 valence electrons. The van der Waals surface area contributed by atoms with Crippen LogP contribution in [0, 0.1) is 12.7 Å². The summed E-state index contributed by atoms with van der Waals surface area (Å²) in [7, 11) is 0. The molecule has 1 aliphatic heterocycles. The summed E-state index contributed by atoms with van der Waals surface area (Å²) in [5.41, 5.74) is 1.03. The number of halogens is 1. The molecule has 1 aromatic heterocycles. The summed E-state index contributed by atoms with van der Waals surface area (Å²) < 4.78 is 36.9. The van der Waals surface area contributed by atoms with E-state index in [1.807, 2.05) is 13.8 Å². The van der Waals surface area contributed by atoms with Crippen LogP contribution in [-0.2, 0) is 25.5 Å². The number of hydrogen-bond donors (Lipinski definition) is 1. The molecular formula is C27H37FN4O7. The van der Waals surface area contributed by atoms with Crippen LogP contribution in [0.5, 0.6) is 17.5 Å². The predicted octanol–water partition coefficient (Wildman–Crippen LogP) is 4.12. The van der Waals surface area contributed by atoms with E-state index >= 15 is 0 Å². The average molecular weight is 549 g/mol. The van der Waals surface area contributed by atoms with Crippen molar-refractivity contribution in [3.63, 3.8) is 0 Å². The molecule has 0 bridgehead atoms. The first-order valence-corrected chi connectivity index (χ1v) is 13.1. The number of piperidine rings is 1. The molecule has 1 fully saturated rings. The van der Waals surface area contributed by atoms with Gasteiger partial charge < -0.3 is 29.1 Å². The van der Waals surface area contributed by atoms with Crippen molar-refractivity contribution in [3.8, 4) is 17.5 Å². The zero-order chi connectivity index (χ0) is 28.4. The molecule has 0 saturated carbocycles. The number of amides is 1. The minimum atomic E-state index is -0.728. The Morgan fingerprint density at radius 3 is 2.49 bits per heavy atom. The fourth-order valence-electron chi connectivity index (χ4n) is 3.73. The fourth-order valence-corrected chi connectivity index (χ4v) is 3.73. The van der Waals surface area contributed by atoms with Crippen molar-refractivity contribution in [1.29, 1.82) is 0 Å². The minimum absolute atomic E-state index is 0.0315. The maximum absolute atomic E-state index is 14.8. The first-order valence-electron chi connectivity index (χ1n) is 13.1. The molecule has 0 radical (unpaired) electrons. The van der Waals surface area contributed by atoms with Crippen LogP contribution >= 0.6 is 0 Å². The van der Waals surface area contributed by atoms with Crippen molar-refractivity contribution in [3.05, 3.63) is 41.5 Å². The first-order chi connectivity index (χ1) is 18.6. The lowest BCUT2D eigenvalue weighted by Crippen LogP contribution is -2.40. The molecule has 0 aliphatic carbocycles. The summed E-state index contributed by atoms with van der Waals surface area (Å²) in [5, 5.41) is 4.29. The highest BCUT2D eigenvalue weighted by atomic mass is 19.1. The van der Waals surface area contributed by atoms with Gasteiger partial charge in [0.15, 0.2) is 11.6 Å². The van der Waals surface area contributed by atoms with E-state index < -0.39 is 12.0 Å². The lowest BCUT2D eigenvalue weighted by molar-refractivity contribution is -0.151. The average Bonchev–Trinajstić information content (AvgIpc) is 2.86. The third-order valence-electron chi connectivity index (χ3n) is 5.65. The fraction of sp³-hybridized carbons (Fsp3) is 0.556. The van der Waals surface area contributed by atoms with E-state index in [4.69, 9.17) is 23.8 Å². The maximum Gasteiger partial charge on any atom is 0.528 e. The summed E-state index contributed by atoms with van der Waals surface area (Å²) >= 11 is 0. The summed E-state index contributed by atoms with van der Waals surface area (Å²) in [6.45, 7) is 10.8. The van der Waals surface area contributed by atoms with Crippen LogP contribution in [0.1, 0.15) is 51.7 Å². The summed E-state index contributed by atoms with van der Waals surface area (Å²) in [6.07, 6.45) is 1.47. The number of benzene rings is 1. The van der Waals surface area contributed by atoms with Crippen LogP contribution in [-0.4, -0.2) is 71.6 Å². The Balaban J connectivity index is 1.52. The van der Waals surface area contributed by atoms with Gasteiger partial charge in [-0.1, -0.05) is 6.07 Å². The normalized spacial score (nSPS) is 14.4. The predicted molar refractivity (Wildman–Crippen MR) is 139 cm³/mol. The number of carbonyl (C=O) groups is 2. The van der Waals surface area contributed by atoms with E-state index in [1.54, 1.807) is 31.9 Å². The van der Waals surface area contributed by atoms with Crippen LogP contribution in [0.15, 0.2) is 24.5 Å². The van der Waals surface area contributed by atoms with Crippen molar-refractivity contribution in [2.75, 3.05) is 26.2 Å². The van der Waals surface area contributed by atoms with Crippen LogP contribution in [0.2, 0.25) is 0 Å². The molecule has 0 unspecified atom stereocenters. The number of aromatic nitrogens is 2. The summed E-state index contributed by atoms with van der Waals surface area (Å²) in [5.74, 6) is -0.388. The zero-order valence-electron chi connectivity index (χ0n) is 23.1. The smallest absolute Gasteiger partial charge is 0.474 e. The lowest BCUT2D eigenvalue weighted by Gasteiger charge is -2.30. The molecule has 0 spiro atoms. The number of hydrogen-bond acceptors (Lipinski definition) is 10. The van der Waals surface area contributed by atoms with E-state index in [9.17, 15) is 14.0 Å². The molecule has 1 amide bonds. The molecule has 1 N–H and O–H groups in total. The molecule has 1 saturated heterocycles. The topological polar surface area (TPSA) is 121 Å². The maximum atomic E-state index is 14.8. The Hall–Kier alpha value is -3.51. The van der Waals surface area contributed by atoms with E-state index in [0.29, 0.717) is 56.1 Å². The molecule has 12 heteroatoms. The monoisotopic (exact) mass is 548 g/mol. The van der Waals surface area contributed by atoms with Gasteiger partial charge in [-0.2, -0.15) is 0 Å². The standard InChI is InChI=1S/C27H37FN4O7/c1-17(2)35-13-10-29-24(33)15-20-6-7-23(22(28)14-20)38-26-19(5)25(30-16-31-26)37-21-8-11-32(12-9-21)39-27(34)36-18(3)4/h6-7,14,16-18,21H,8-13,15H2,1-5H3,(H,29,33). The van der Waals surface area contributed by atoms with Gasteiger partial charge in [0.1, 0.15) is 12.4 Å². The van der Waals surface area contributed by atoms with Gasteiger partial charge in [-0.05, 0) is 52.3 Å². The van der Waals surface area contributed by atoms with Crippen molar-refractivity contribution in [2.45, 2.75) is 72.2 Å². The Morgan fingerprint density at radius 2 is 1.82 bits per heavy atom. The highest BCUT2D eigenvalue weighted by Gasteiger charge is 2.25. The molecule has 2 heterocycles. The molecule has 1 aromatic carbocycles. The van der Waals surface area contributed by atoms with Gasteiger partial charge >= 0.3 is 6.16 Å². The molecule has 11 nitrogen and oxygen atoms in total. The van der Waals surface area contributed by atoms with Crippen molar-refractivity contribution < 1.29 is 37.8 Å². The lowest BCUT2D eigenvalue weighted by atomic mass is 10.1. The second-order valence-electron chi connectivity index (χ2n) is 9.68.